The van der Waals surface area contributed by atoms with Gasteiger partial charge in [-0.15, -0.1) is 34.0 Å². The normalized spacial score (nSPS) is 8.56. The van der Waals surface area contributed by atoms with Gasteiger partial charge < -0.3 is 11.8 Å². The van der Waals surface area contributed by atoms with E-state index in [1.165, 1.54) is 24.0 Å². The second-order valence-electron chi connectivity index (χ2n) is 6.83. The van der Waals surface area contributed by atoms with Crippen molar-refractivity contribution in [1.29, 1.82) is 10.5 Å². The van der Waals surface area contributed by atoms with Crippen LogP contribution >= 0.6 is 132 Å². The molecule has 0 spiro atoms. The number of fused-ring (bicyclic) bond motifs is 3. The van der Waals surface area contributed by atoms with E-state index in [2.05, 4.69) is 134 Å². The van der Waals surface area contributed by atoms with Crippen molar-refractivity contribution in [2.24, 2.45) is 0 Å². The molecule has 0 bridgehead atoms. The molecule has 43 heavy (non-hydrogen) atoms. The zero-order valence-corrected chi connectivity index (χ0v) is 35.9. The van der Waals surface area contributed by atoms with E-state index in [1.807, 2.05) is 64.2 Å². The molecule has 13 heteroatoms. The van der Waals surface area contributed by atoms with Crippen molar-refractivity contribution in [1.82, 2.24) is 0 Å². The van der Waals surface area contributed by atoms with Crippen LogP contribution < -0.4 is 0 Å². The SMILES string of the molecule is Brc1csc2ccccc12.C.C.CI.N#Cc1csc2ccccc12.O=Cc1csc2ccccc12.[C-]#N.[Cu+].[I][V]([I])[I]. The van der Waals surface area contributed by atoms with Gasteiger partial charge in [0.2, 0.25) is 0 Å². The summed E-state index contributed by atoms with van der Waals surface area (Å²) in [7, 11) is 0. The van der Waals surface area contributed by atoms with Crippen LogP contribution in [0.4, 0.5) is 0 Å². The van der Waals surface area contributed by atoms with Gasteiger partial charge in [0.15, 0.2) is 6.29 Å². The van der Waals surface area contributed by atoms with Crippen molar-refractivity contribution in [3.63, 3.8) is 0 Å². The van der Waals surface area contributed by atoms with Crippen molar-refractivity contribution >= 4 is 169 Å². The Morgan fingerprint density at radius 1 is 0.744 bits per heavy atom. The Labute approximate surface area is 337 Å². The number of benzene rings is 3. The summed E-state index contributed by atoms with van der Waals surface area (Å²) in [6.07, 6.45) is 0.902. The Bertz CT molecular complexity index is 1670. The molecule has 0 saturated carbocycles. The first kappa shape index (κ1) is 48.1. The summed E-state index contributed by atoms with van der Waals surface area (Å²) in [6.45, 7) is 4.75. The minimum atomic E-state index is -0.278. The summed E-state index contributed by atoms with van der Waals surface area (Å²) < 4.78 is 4.90. The first-order chi connectivity index (χ1) is 19.4. The molecule has 0 aliphatic heterocycles. The minimum absolute atomic E-state index is 0. The van der Waals surface area contributed by atoms with E-state index in [1.54, 1.807) is 34.0 Å². The molecule has 0 amide bonds. The predicted octanol–water partition coefficient (Wildman–Crippen LogP) is 14.2. The molecule has 3 aromatic heterocycles. The molecule has 0 saturated heterocycles. The zero-order valence-electron chi connectivity index (χ0n) is 20.9. The summed E-state index contributed by atoms with van der Waals surface area (Å²) >= 11 is 18.0. The monoisotopic (exact) mass is 1230 g/mol. The fraction of sp³-hybridized carbons (Fsp3) is 0.100. The number of aldehydes is 1. The van der Waals surface area contributed by atoms with Crippen LogP contribution in [0.5, 0.6) is 0 Å². The van der Waals surface area contributed by atoms with Gasteiger partial charge in [0.1, 0.15) is 6.07 Å². The zero-order chi connectivity index (χ0) is 29.9. The molecule has 0 radical (unpaired) electrons. The number of carbonyl (C=O) groups is 1. The van der Waals surface area contributed by atoms with Gasteiger partial charge in [-0.3, -0.25) is 4.79 Å². The summed E-state index contributed by atoms with van der Waals surface area (Å²) in [5.74, 6) is 0. The Kier molecular flexibility index (Phi) is 32.3. The van der Waals surface area contributed by atoms with Gasteiger partial charge in [-0.2, -0.15) is 5.26 Å². The van der Waals surface area contributed by atoms with Gasteiger partial charge in [0, 0.05) is 56.4 Å². The Morgan fingerprint density at radius 2 is 1.12 bits per heavy atom. The predicted molar refractivity (Wildman–Crippen MR) is 224 cm³/mol. The van der Waals surface area contributed by atoms with E-state index < -0.39 is 0 Å². The van der Waals surface area contributed by atoms with Gasteiger partial charge >= 0.3 is 81.9 Å². The maximum atomic E-state index is 10.5. The number of nitrogens with zero attached hydrogens (tertiary/aromatic N) is 2. The molecule has 6 aromatic rings. The fourth-order valence-electron chi connectivity index (χ4n) is 3.10. The first-order valence-corrected chi connectivity index (χ1v) is 29.8. The molecule has 3 aromatic carbocycles. The average molecular weight is 1230 g/mol. The van der Waals surface area contributed by atoms with Crippen LogP contribution in [0.2, 0.25) is 0 Å². The van der Waals surface area contributed by atoms with Crippen LogP contribution in [0.3, 0.4) is 0 Å². The third-order valence-electron chi connectivity index (χ3n) is 4.67. The Morgan fingerprint density at radius 3 is 1.58 bits per heavy atom. The topological polar surface area (TPSA) is 64.7 Å². The van der Waals surface area contributed by atoms with Crippen LogP contribution in [0.25, 0.3) is 30.3 Å². The van der Waals surface area contributed by atoms with Crippen LogP contribution in [-0.4, -0.2) is 11.2 Å². The number of thiophene rings is 3. The van der Waals surface area contributed by atoms with Crippen molar-refractivity contribution < 1.29 is 26.8 Å². The second kappa shape index (κ2) is 28.9. The third-order valence-corrected chi connectivity index (χ3v) is 8.54. The molecule has 0 aliphatic rings. The first-order valence-electron chi connectivity index (χ1n) is 10.7. The molecule has 0 fully saturated rings. The number of hydrogen-bond acceptors (Lipinski definition) is 6. The van der Waals surface area contributed by atoms with E-state index in [4.69, 9.17) is 17.1 Å². The molecular formula is C30H27BrCuI4N2OS3V. The number of halogens is 5. The van der Waals surface area contributed by atoms with Crippen LogP contribution in [0, 0.1) is 23.2 Å². The van der Waals surface area contributed by atoms with Gasteiger partial charge in [0.25, 0.3) is 0 Å². The quantitative estimate of drug-likeness (QED) is 0.0542. The van der Waals surface area contributed by atoms with E-state index >= 15 is 0 Å². The summed E-state index contributed by atoms with van der Waals surface area (Å²) in [5.41, 5.74) is 1.58. The number of rotatable bonds is 1. The second-order valence-corrected chi connectivity index (χ2v) is 45.8. The molecular weight excluding hydrogens is 1200 g/mol. The Hall–Kier alpha value is 0.694. The number of hydrogen-bond donors (Lipinski definition) is 0. The van der Waals surface area contributed by atoms with E-state index in [-0.39, 0.29) is 36.8 Å². The molecule has 232 valence electrons. The molecule has 3 heterocycles. The molecule has 0 unspecified atom stereocenters. The van der Waals surface area contributed by atoms with Crippen molar-refractivity contribution in [2.45, 2.75) is 14.9 Å². The molecule has 0 atom stereocenters. The summed E-state index contributed by atoms with van der Waals surface area (Å²) in [4.78, 5) is 12.2. The van der Waals surface area contributed by atoms with Crippen molar-refractivity contribution in [2.75, 3.05) is 4.93 Å². The maximum absolute atomic E-state index is 10.5. The number of alkyl halides is 1. The number of nitriles is 1. The van der Waals surface area contributed by atoms with Crippen LogP contribution in [-0.2, 0) is 22.0 Å². The molecule has 0 N–H and O–H groups in total. The van der Waals surface area contributed by atoms with E-state index in [0.717, 1.165) is 28.2 Å². The third kappa shape index (κ3) is 16.9. The Balaban J connectivity index is -0.000000484. The fourth-order valence-corrected chi connectivity index (χ4v) is 6.47. The van der Waals surface area contributed by atoms with E-state index in [9.17, 15) is 4.79 Å². The average Bonchev–Trinajstić information content (AvgIpc) is 3.72. The summed E-state index contributed by atoms with van der Waals surface area (Å²) in [6, 6.07) is 26.4. The van der Waals surface area contributed by atoms with Crippen molar-refractivity contribution in [3.05, 3.63) is 111 Å². The molecule has 3 nitrogen and oxygen atoms in total. The van der Waals surface area contributed by atoms with Gasteiger partial charge in [0.05, 0.1) is 5.56 Å². The van der Waals surface area contributed by atoms with Gasteiger partial charge in [-0.05, 0) is 39.1 Å². The summed E-state index contributed by atoms with van der Waals surface area (Å²) in [5, 5.41) is 24.3. The molecule has 6 rings (SSSR count). The van der Waals surface area contributed by atoms with Crippen LogP contribution in [0.15, 0.2) is 93.4 Å². The van der Waals surface area contributed by atoms with Crippen molar-refractivity contribution in [3.8, 4) is 6.07 Å². The van der Waals surface area contributed by atoms with Gasteiger partial charge in [-0.1, -0.05) is 92.0 Å². The standard InChI is InChI=1S/C9H5NS.C9H6OS.C8H5BrS.CH3I.CN.2CH4.Cu.3HI.V/c2*10-5-7-6-11-9-4-2-1-3-8(7)9;9-7-5-10-8-4-2-1-3-6(7)8;2*1-2;;;;;;;/h1-4,6H;1-6H;1-5H;1H3;;2*1H4;;3*1H;/q;;;;-1;;;+1;;;;+3/p-3. The number of carbonyl (C=O) groups excluding carboxylic acids is 1. The van der Waals surface area contributed by atoms with Gasteiger partial charge in [-0.25, -0.2) is 0 Å². The van der Waals surface area contributed by atoms with E-state index in [0.29, 0.717) is 0 Å². The molecule has 0 aliphatic carbocycles. The van der Waals surface area contributed by atoms with Crippen LogP contribution in [0.1, 0.15) is 30.8 Å².